The first-order chi connectivity index (χ1) is 10.6. The van der Waals surface area contributed by atoms with E-state index in [0.29, 0.717) is 36.0 Å². The molecule has 2 N–H and O–H groups in total. The average Bonchev–Trinajstić information content (AvgIpc) is 2.52. The van der Waals surface area contributed by atoms with Crippen LogP contribution in [0, 0.1) is 0 Å². The van der Waals surface area contributed by atoms with E-state index in [1.54, 1.807) is 31.4 Å². The van der Waals surface area contributed by atoms with E-state index in [-0.39, 0.29) is 5.56 Å². The largest absolute Gasteiger partial charge is 0.385 e. The Hall–Kier alpha value is -2.18. The summed E-state index contributed by atoms with van der Waals surface area (Å²) in [6.45, 7) is 0.982. The maximum Gasteiger partial charge on any atom is 0.264 e. The van der Waals surface area contributed by atoms with Gasteiger partial charge in [-0.15, -0.1) is 0 Å². The number of aromatic nitrogens is 2. The van der Waals surface area contributed by atoms with Crippen LogP contribution in [0.2, 0.25) is 5.02 Å². The third-order valence-corrected chi connectivity index (χ3v) is 3.22. The topological polar surface area (TPSA) is 84.1 Å². The number of aromatic amines is 1. The fourth-order valence-corrected chi connectivity index (χ4v) is 1.95. The Kier molecular flexibility index (Phi) is 5.68. The van der Waals surface area contributed by atoms with Crippen molar-refractivity contribution in [3.05, 3.63) is 51.4 Å². The Morgan fingerprint density at radius 2 is 2.09 bits per heavy atom. The summed E-state index contributed by atoms with van der Waals surface area (Å²) in [7, 11) is 1.59. The van der Waals surface area contributed by atoms with E-state index >= 15 is 0 Å². The number of carbonyl (C=O) groups is 1. The van der Waals surface area contributed by atoms with E-state index in [0.717, 1.165) is 0 Å². The highest BCUT2D eigenvalue weighted by Crippen LogP contribution is 2.16. The van der Waals surface area contributed by atoms with E-state index in [9.17, 15) is 9.59 Å². The monoisotopic (exact) mass is 321 g/mol. The lowest BCUT2D eigenvalue weighted by atomic mass is 10.2. The first kappa shape index (κ1) is 16.2. The van der Waals surface area contributed by atoms with Crippen molar-refractivity contribution >= 4 is 17.5 Å². The molecule has 0 radical (unpaired) electrons. The molecule has 2 aromatic rings. The molecule has 0 spiro atoms. The Balaban J connectivity index is 2.11. The molecule has 116 valence electrons. The molecule has 6 nitrogen and oxygen atoms in total. The van der Waals surface area contributed by atoms with Gasteiger partial charge in [0.15, 0.2) is 0 Å². The fourth-order valence-electron chi connectivity index (χ4n) is 1.82. The second-order valence-corrected chi connectivity index (χ2v) is 5.02. The van der Waals surface area contributed by atoms with Crippen molar-refractivity contribution in [3.63, 3.8) is 0 Å². The van der Waals surface area contributed by atoms with Gasteiger partial charge < -0.3 is 15.0 Å². The lowest BCUT2D eigenvalue weighted by Gasteiger charge is -2.05. The van der Waals surface area contributed by atoms with Crippen molar-refractivity contribution in [2.75, 3.05) is 20.3 Å². The number of nitrogens with zero attached hydrogens (tertiary/aromatic N) is 1. The van der Waals surface area contributed by atoms with Gasteiger partial charge in [-0.3, -0.25) is 9.59 Å². The summed E-state index contributed by atoms with van der Waals surface area (Å²) < 4.78 is 4.89. The van der Waals surface area contributed by atoms with Crippen LogP contribution in [-0.4, -0.2) is 36.1 Å². The van der Waals surface area contributed by atoms with Gasteiger partial charge in [0.25, 0.3) is 11.5 Å². The Morgan fingerprint density at radius 3 is 2.73 bits per heavy atom. The second kappa shape index (κ2) is 7.72. The molecule has 0 bridgehead atoms. The molecule has 0 aliphatic rings. The van der Waals surface area contributed by atoms with Gasteiger partial charge in [-0.2, -0.15) is 0 Å². The quantitative estimate of drug-likeness (QED) is 0.795. The smallest absolute Gasteiger partial charge is 0.264 e. The summed E-state index contributed by atoms with van der Waals surface area (Å²) in [5.41, 5.74) is 0.216. The van der Waals surface area contributed by atoms with Crippen LogP contribution < -0.4 is 10.9 Å². The summed E-state index contributed by atoms with van der Waals surface area (Å²) in [6, 6.07) is 6.89. The normalized spacial score (nSPS) is 10.5. The maximum absolute atomic E-state index is 12.0. The lowest BCUT2D eigenvalue weighted by Crippen LogP contribution is -2.31. The summed E-state index contributed by atoms with van der Waals surface area (Å²) in [4.78, 5) is 30.6. The zero-order valence-corrected chi connectivity index (χ0v) is 12.8. The summed E-state index contributed by atoms with van der Waals surface area (Å²) in [6.07, 6.45) is 1.95. The van der Waals surface area contributed by atoms with Crippen LogP contribution >= 0.6 is 11.6 Å². The number of rotatable bonds is 6. The van der Waals surface area contributed by atoms with Gasteiger partial charge in [0.1, 0.15) is 11.4 Å². The van der Waals surface area contributed by atoms with Crippen molar-refractivity contribution in [1.82, 2.24) is 15.3 Å². The minimum absolute atomic E-state index is 0.0184. The van der Waals surface area contributed by atoms with Gasteiger partial charge in [-0.05, 0) is 30.7 Å². The number of amides is 1. The van der Waals surface area contributed by atoms with Crippen LogP contribution in [-0.2, 0) is 4.74 Å². The number of methoxy groups -OCH3 is 1. The first-order valence-electron chi connectivity index (χ1n) is 6.74. The first-order valence-corrected chi connectivity index (χ1v) is 7.12. The highest BCUT2D eigenvalue weighted by Gasteiger charge is 2.12. The van der Waals surface area contributed by atoms with Crippen molar-refractivity contribution in [3.8, 4) is 11.4 Å². The molecule has 0 aliphatic carbocycles. The predicted molar refractivity (Wildman–Crippen MR) is 84.1 cm³/mol. The van der Waals surface area contributed by atoms with Crippen LogP contribution in [0.5, 0.6) is 0 Å². The molecule has 1 amide bonds. The number of nitrogens with one attached hydrogen (secondary N) is 2. The van der Waals surface area contributed by atoms with E-state index < -0.39 is 11.5 Å². The molecule has 0 aliphatic heterocycles. The van der Waals surface area contributed by atoms with Crippen molar-refractivity contribution < 1.29 is 9.53 Å². The molecule has 22 heavy (non-hydrogen) atoms. The molecule has 0 saturated heterocycles. The molecule has 7 heteroatoms. The lowest BCUT2D eigenvalue weighted by molar-refractivity contribution is 0.0946. The number of benzene rings is 1. The van der Waals surface area contributed by atoms with Gasteiger partial charge in [0, 0.05) is 37.0 Å². The van der Waals surface area contributed by atoms with E-state index in [1.165, 1.54) is 6.20 Å². The Labute approximate surface area is 132 Å². The molecular formula is C15H16ClN3O3. The number of hydrogen-bond acceptors (Lipinski definition) is 4. The molecule has 2 rings (SSSR count). The van der Waals surface area contributed by atoms with E-state index in [2.05, 4.69) is 15.3 Å². The highest BCUT2D eigenvalue weighted by atomic mass is 35.5. The summed E-state index contributed by atoms with van der Waals surface area (Å²) >= 11 is 5.81. The highest BCUT2D eigenvalue weighted by molar-refractivity contribution is 6.30. The van der Waals surface area contributed by atoms with Crippen molar-refractivity contribution in [2.45, 2.75) is 6.42 Å². The van der Waals surface area contributed by atoms with Gasteiger partial charge in [-0.1, -0.05) is 11.6 Å². The van der Waals surface area contributed by atoms with E-state index in [1.807, 2.05) is 0 Å². The molecule has 0 saturated carbocycles. The second-order valence-electron chi connectivity index (χ2n) is 4.58. The molecule has 0 unspecified atom stereocenters. The minimum atomic E-state index is -0.482. The number of carbonyl (C=O) groups excluding carboxylic acids is 1. The predicted octanol–water partition coefficient (Wildman–Crippen LogP) is 1.86. The van der Waals surface area contributed by atoms with Crippen molar-refractivity contribution in [2.24, 2.45) is 0 Å². The van der Waals surface area contributed by atoms with Crippen LogP contribution in [0.4, 0.5) is 0 Å². The molecule has 0 fully saturated rings. The zero-order chi connectivity index (χ0) is 15.9. The van der Waals surface area contributed by atoms with Crippen LogP contribution in [0.25, 0.3) is 11.4 Å². The SMILES string of the molecule is COCCCNC(=O)c1cnc(-c2ccc(Cl)cc2)[nH]c1=O. The van der Waals surface area contributed by atoms with Crippen LogP contribution in [0.1, 0.15) is 16.8 Å². The maximum atomic E-state index is 12.0. The molecular weight excluding hydrogens is 306 g/mol. The van der Waals surface area contributed by atoms with Gasteiger partial charge in [-0.25, -0.2) is 4.98 Å². The molecule has 1 aromatic heterocycles. The summed E-state index contributed by atoms with van der Waals surface area (Å²) in [5.74, 6) is -0.0647. The van der Waals surface area contributed by atoms with Crippen LogP contribution in [0.15, 0.2) is 35.3 Å². The fraction of sp³-hybridized carbons (Fsp3) is 0.267. The molecule has 0 atom stereocenters. The Bertz CT molecular complexity index is 698. The molecule has 1 aromatic carbocycles. The number of halogens is 1. The van der Waals surface area contributed by atoms with Crippen LogP contribution in [0.3, 0.4) is 0 Å². The number of hydrogen-bond donors (Lipinski definition) is 2. The zero-order valence-electron chi connectivity index (χ0n) is 12.1. The van der Waals surface area contributed by atoms with Gasteiger partial charge in [0.05, 0.1) is 0 Å². The molecule has 1 heterocycles. The van der Waals surface area contributed by atoms with Crippen molar-refractivity contribution in [1.29, 1.82) is 0 Å². The number of ether oxygens (including phenoxy) is 1. The number of H-pyrrole nitrogens is 1. The third kappa shape index (κ3) is 4.16. The minimum Gasteiger partial charge on any atom is -0.385 e. The standard InChI is InChI=1S/C15H16ClN3O3/c1-22-8-2-7-17-14(20)12-9-18-13(19-15(12)21)10-3-5-11(16)6-4-10/h3-6,9H,2,7-8H2,1H3,(H,17,20)(H,18,19,21). The average molecular weight is 322 g/mol. The van der Waals surface area contributed by atoms with E-state index in [4.69, 9.17) is 16.3 Å². The van der Waals surface area contributed by atoms with Gasteiger partial charge >= 0.3 is 0 Å². The third-order valence-electron chi connectivity index (χ3n) is 2.97. The Morgan fingerprint density at radius 1 is 1.36 bits per heavy atom. The van der Waals surface area contributed by atoms with Gasteiger partial charge in [0.2, 0.25) is 0 Å². The summed E-state index contributed by atoms with van der Waals surface area (Å²) in [5, 5.41) is 3.24.